The minimum absolute atomic E-state index is 0.141. The lowest BCUT2D eigenvalue weighted by Crippen LogP contribution is -2.30. The van der Waals surface area contributed by atoms with Gasteiger partial charge in [-0.3, -0.25) is 19.6 Å². The first-order chi connectivity index (χ1) is 11.8. The van der Waals surface area contributed by atoms with Gasteiger partial charge >= 0.3 is 11.7 Å². The number of amides is 1. The van der Waals surface area contributed by atoms with Gasteiger partial charge in [-0.1, -0.05) is 12.1 Å². The SMILES string of the molecule is CC(NC(=O)Cn1cc([N+](=O)[O-])cn1)c1ccc(OCC(=O)O)cc1. The van der Waals surface area contributed by atoms with E-state index < -0.39 is 17.5 Å². The monoisotopic (exact) mass is 348 g/mol. The first-order valence-electron chi connectivity index (χ1n) is 7.26. The lowest BCUT2D eigenvalue weighted by molar-refractivity contribution is -0.385. The van der Waals surface area contributed by atoms with E-state index in [1.807, 2.05) is 0 Å². The van der Waals surface area contributed by atoms with Crippen LogP contribution in [0.4, 0.5) is 5.69 Å². The van der Waals surface area contributed by atoms with Crippen molar-refractivity contribution < 1.29 is 24.4 Å². The second-order valence-corrected chi connectivity index (χ2v) is 5.19. The molecule has 1 atom stereocenters. The quantitative estimate of drug-likeness (QED) is 0.539. The van der Waals surface area contributed by atoms with Crippen LogP contribution in [0.2, 0.25) is 0 Å². The van der Waals surface area contributed by atoms with Gasteiger partial charge < -0.3 is 15.2 Å². The van der Waals surface area contributed by atoms with Crippen LogP contribution in [0.5, 0.6) is 5.75 Å². The van der Waals surface area contributed by atoms with Gasteiger partial charge in [0.25, 0.3) is 0 Å². The fourth-order valence-electron chi connectivity index (χ4n) is 2.05. The third-order valence-corrected chi connectivity index (χ3v) is 3.26. The van der Waals surface area contributed by atoms with Crippen LogP contribution in [-0.4, -0.2) is 38.3 Å². The highest BCUT2D eigenvalue weighted by Crippen LogP contribution is 2.17. The number of carbonyl (C=O) groups excluding carboxylic acids is 1. The number of nitrogens with one attached hydrogen (secondary N) is 1. The number of hydrogen-bond acceptors (Lipinski definition) is 6. The molecular formula is C15H16N4O6. The van der Waals surface area contributed by atoms with Crippen molar-refractivity contribution in [3.05, 3.63) is 52.3 Å². The Morgan fingerprint density at radius 1 is 1.40 bits per heavy atom. The number of benzene rings is 1. The molecule has 0 saturated heterocycles. The van der Waals surface area contributed by atoms with Crippen molar-refractivity contribution in [3.8, 4) is 5.75 Å². The molecule has 132 valence electrons. The molecule has 1 aromatic heterocycles. The summed E-state index contributed by atoms with van der Waals surface area (Å²) in [5.41, 5.74) is 0.611. The molecule has 0 fully saturated rings. The predicted octanol–water partition coefficient (Wildman–Crippen LogP) is 1.13. The van der Waals surface area contributed by atoms with Gasteiger partial charge in [0, 0.05) is 0 Å². The van der Waals surface area contributed by atoms with Gasteiger partial charge in [-0.15, -0.1) is 0 Å². The van der Waals surface area contributed by atoms with Crippen molar-refractivity contribution in [3.63, 3.8) is 0 Å². The number of carboxylic acid groups (broad SMARTS) is 1. The zero-order chi connectivity index (χ0) is 18.4. The minimum Gasteiger partial charge on any atom is -0.482 e. The molecule has 2 N–H and O–H groups in total. The average Bonchev–Trinajstić information content (AvgIpc) is 3.02. The summed E-state index contributed by atoms with van der Waals surface area (Å²) < 4.78 is 6.21. The maximum atomic E-state index is 12.0. The summed E-state index contributed by atoms with van der Waals surface area (Å²) >= 11 is 0. The number of nitro groups is 1. The summed E-state index contributed by atoms with van der Waals surface area (Å²) in [7, 11) is 0. The third-order valence-electron chi connectivity index (χ3n) is 3.26. The zero-order valence-electron chi connectivity index (χ0n) is 13.3. The molecule has 10 nitrogen and oxygen atoms in total. The van der Waals surface area contributed by atoms with Gasteiger partial charge in [0.1, 0.15) is 24.7 Å². The summed E-state index contributed by atoms with van der Waals surface area (Å²) in [5.74, 6) is -1.01. The van der Waals surface area contributed by atoms with E-state index in [1.165, 1.54) is 10.9 Å². The molecule has 0 spiro atoms. The fourth-order valence-corrected chi connectivity index (χ4v) is 2.05. The average molecular weight is 348 g/mol. The lowest BCUT2D eigenvalue weighted by atomic mass is 10.1. The summed E-state index contributed by atoms with van der Waals surface area (Å²) in [6.07, 6.45) is 2.26. The molecule has 0 bridgehead atoms. The fraction of sp³-hybridized carbons (Fsp3) is 0.267. The molecule has 0 aliphatic carbocycles. The van der Waals surface area contributed by atoms with Crippen molar-refractivity contribution in [2.45, 2.75) is 19.5 Å². The first kappa shape index (κ1) is 17.9. The summed E-state index contributed by atoms with van der Waals surface area (Å²) in [6.45, 7) is 1.20. The predicted molar refractivity (Wildman–Crippen MR) is 85.0 cm³/mol. The minimum atomic E-state index is -1.07. The van der Waals surface area contributed by atoms with Crippen LogP contribution in [0.15, 0.2) is 36.7 Å². The van der Waals surface area contributed by atoms with E-state index >= 15 is 0 Å². The van der Waals surface area contributed by atoms with Gasteiger partial charge in [0.15, 0.2) is 6.61 Å². The number of nitrogens with zero attached hydrogens (tertiary/aromatic N) is 3. The van der Waals surface area contributed by atoms with Crippen LogP contribution in [0.3, 0.4) is 0 Å². The standard InChI is InChI=1S/C15H16N4O6/c1-10(11-2-4-13(5-3-11)25-9-15(21)22)17-14(20)8-18-7-12(6-16-18)19(23)24/h2-7,10H,8-9H2,1H3,(H,17,20)(H,21,22). The molecule has 1 amide bonds. The van der Waals surface area contributed by atoms with Crippen molar-refractivity contribution in [1.82, 2.24) is 15.1 Å². The summed E-state index contributed by atoms with van der Waals surface area (Å²) in [6, 6.07) is 6.32. The van der Waals surface area contributed by atoms with E-state index in [2.05, 4.69) is 10.4 Å². The van der Waals surface area contributed by atoms with Gasteiger partial charge in [-0.25, -0.2) is 4.79 Å². The number of carboxylic acids is 1. The number of rotatable bonds is 8. The van der Waals surface area contributed by atoms with Crippen LogP contribution >= 0.6 is 0 Å². The van der Waals surface area contributed by atoms with Crippen molar-refractivity contribution in [1.29, 1.82) is 0 Å². The number of ether oxygens (including phenoxy) is 1. The molecule has 2 aromatic rings. The molecule has 0 radical (unpaired) electrons. The van der Waals surface area contributed by atoms with E-state index in [9.17, 15) is 19.7 Å². The van der Waals surface area contributed by atoms with Crippen LogP contribution in [0.25, 0.3) is 0 Å². The van der Waals surface area contributed by atoms with E-state index in [-0.39, 0.29) is 24.2 Å². The van der Waals surface area contributed by atoms with Crippen LogP contribution in [0, 0.1) is 10.1 Å². The number of hydrogen-bond donors (Lipinski definition) is 2. The van der Waals surface area contributed by atoms with E-state index in [4.69, 9.17) is 9.84 Å². The van der Waals surface area contributed by atoms with Gasteiger partial charge in [0.2, 0.25) is 5.91 Å². The Balaban J connectivity index is 1.89. The van der Waals surface area contributed by atoms with E-state index in [0.717, 1.165) is 11.8 Å². The molecule has 0 aliphatic heterocycles. The second kappa shape index (κ2) is 7.90. The van der Waals surface area contributed by atoms with Crippen LogP contribution in [0.1, 0.15) is 18.5 Å². The zero-order valence-corrected chi connectivity index (χ0v) is 13.3. The molecule has 1 heterocycles. The number of carbonyl (C=O) groups is 2. The normalized spacial score (nSPS) is 11.6. The molecule has 2 rings (SSSR count). The highest BCUT2D eigenvalue weighted by atomic mass is 16.6. The highest BCUT2D eigenvalue weighted by molar-refractivity contribution is 5.76. The first-order valence-corrected chi connectivity index (χ1v) is 7.26. The Morgan fingerprint density at radius 2 is 2.08 bits per heavy atom. The molecule has 0 aliphatic rings. The number of aliphatic carboxylic acids is 1. The van der Waals surface area contributed by atoms with Crippen molar-refractivity contribution in [2.24, 2.45) is 0 Å². The van der Waals surface area contributed by atoms with Crippen molar-refractivity contribution >= 4 is 17.6 Å². The summed E-state index contributed by atoms with van der Waals surface area (Å²) in [5, 5.41) is 25.6. The topological polar surface area (TPSA) is 137 Å². The lowest BCUT2D eigenvalue weighted by Gasteiger charge is -2.15. The maximum Gasteiger partial charge on any atom is 0.341 e. The highest BCUT2D eigenvalue weighted by Gasteiger charge is 2.13. The molecule has 1 unspecified atom stereocenters. The van der Waals surface area contributed by atoms with Gasteiger partial charge in [-0.2, -0.15) is 5.10 Å². The molecule has 10 heteroatoms. The Bertz CT molecular complexity index is 771. The van der Waals surface area contributed by atoms with Crippen LogP contribution in [-0.2, 0) is 16.1 Å². The smallest absolute Gasteiger partial charge is 0.341 e. The molecule has 25 heavy (non-hydrogen) atoms. The molecule has 0 saturated carbocycles. The number of aromatic nitrogens is 2. The summed E-state index contributed by atoms with van der Waals surface area (Å²) in [4.78, 5) is 32.4. The Hall–Kier alpha value is -3.43. The van der Waals surface area contributed by atoms with Gasteiger partial charge in [0.05, 0.1) is 11.0 Å². The molecule has 1 aromatic carbocycles. The van der Waals surface area contributed by atoms with Crippen molar-refractivity contribution in [2.75, 3.05) is 6.61 Å². The molecular weight excluding hydrogens is 332 g/mol. The third kappa shape index (κ3) is 5.30. The van der Waals surface area contributed by atoms with Crippen LogP contribution < -0.4 is 10.1 Å². The van der Waals surface area contributed by atoms with E-state index in [0.29, 0.717) is 5.75 Å². The second-order valence-electron chi connectivity index (χ2n) is 5.19. The van der Waals surface area contributed by atoms with E-state index in [1.54, 1.807) is 31.2 Å². The Morgan fingerprint density at radius 3 is 2.64 bits per heavy atom. The maximum absolute atomic E-state index is 12.0. The Kier molecular flexibility index (Phi) is 5.66. The largest absolute Gasteiger partial charge is 0.482 e. The van der Waals surface area contributed by atoms with Gasteiger partial charge in [-0.05, 0) is 24.6 Å². The Labute approximate surface area is 142 Å².